The van der Waals surface area contributed by atoms with Crippen molar-refractivity contribution in [2.45, 2.75) is 131 Å². The molecule has 0 aromatic heterocycles. The molecule has 2 N–H and O–H groups in total. The Bertz CT molecular complexity index is 2930. The van der Waals surface area contributed by atoms with Gasteiger partial charge in [-0.15, -0.1) is 23.2 Å². The minimum Gasteiger partial charge on any atom is -0.373 e. The van der Waals surface area contributed by atoms with E-state index in [9.17, 15) is 80.0 Å². The van der Waals surface area contributed by atoms with E-state index in [4.69, 9.17) is 49.1 Å². The molecule has 0 amide bonds. The molecule has 0 unspecified atom stereocenters. The highest BCUT2D eigenvalue weighted by atomic mass is 35.7. The zero-order valence-corrected chi connectivity index (χ0v) is 47.7. The standard InChI is InChI=1S/C28H30ClF6NO3S.C24H24F6N2O.C3H6Cl2O2S/c1-20(21-14-23(27(30,31)32)16-24(15-21)28(33,34)35)39-18-26(22-6-3-2-4-7-22)10-8-25(17-36,9-11-26)19-40(37,38)13-5-12-29;1-16(17-11-19(23(25,26)27)13-20(12-17)24(28,29)30)33-15-21(18-5-3-2-4-6-18)7-9-22(32,14-31)10-8-21;4-2-1-3-8(5,6)7/h2-4,6-7,14-16,20H,5,8-13,18-19H2,1H3;2-6,11-13,16H,7-10,15,32H2,1H3;1-3H2/t20-,25?,26?;16-,21?,22?;/m11./s1. The van der Waals surface area contributed by atoms with Gasteiger partial charge in [0.25, 0.3) is 0 Å². The van der Waals surface area contributed by atoms with E-state index in [0.29, 0.717) is 75.1 Å². The third kappa shape index (κ3) is 20.5. The van der Waals surface area contributed by atoms with Gasteiger partial charge >= 0.3 is 24.7 Å². The number of halogens is 15. The topological polar surface area (TPSA) is 160 Å². The van der Waals surface area contributed by atoms with Gasteiger partial charge in [0.05, 0.1) is 82.5 Å². The molecule has 0 aliphatic heterocycles. The summed E-state index contributed by atoms with van der Waals surface area (Å²) in [6.07, 6.45) is -18.3. The van der Waals surface area contributed by atoms with E-state index in [0.717, 1.165) is 11.1 Å². The van der Waals surface area contributed by atoms with Gasteiger partial charge < -0.3 is 15.2 Å². The van der Waals surface area contributed by atoms with Crippen molar-refractivity contribution in [2.75, 3.05) is 42.2 Å². The van der Waals surface area contributed by atoms with Crippen molar-refractivity contribution in [3.63, 3.8) is 0 Å². The molecule has 9 nitrogen and oxygen atoms in total. The van der Waals surface area contributed by atoms with Crippen LogP contribution in [0.25, 0.3) is 0 Å². The van der Waals surface area contributed by atoms with E-state index in [1.807, 2.05) is 42.5 Å². The number of hydrogen-bond donors (Lipinski definition) is 1. The van der Waals surface area contributed by atoms with E-state index >= 15 is 0 Å². The number of ether oxygens (including phenoxy) is 2. The molecule has 4 aromatic rings. The summed E-state index contributed by atoms with van der Waals surface area (Å²) in [5.74, 6) is 0.0625. The predicted octanol–water partition coefficient (Wildman–Crippen LogP) is 15.6. The molecule has 26 heteroatoms. The maximum absolute atomic E-state index is 13.4. The summed E-state index contributed by atoms with van der Waals surface area (Å²) in [6, 6.07) is 25.6. The number of sulfone groups is 1. The third-order valence-corrected chi connectivity index (χ3v) is 18.2. The average molecular weight is 1260 g/mol. The number of benzene rings is 4. The maximum Gasteiger partial charge on any atom is 0.416 e. The van der Waals surface area contributed by atoms with Crippen LogP contribution in [-0.2, 0) is 63.9 Å². The Morgan fingerprint density at radius 3 is 1.16 bits per heavy atom. The van der Waals surface area contributed by atoms with Crippen LogP contribution in [0.1, 0.15) is 135 Å². The van der Waals surface area contributed by atoms with Crippen LogP contribution in [-0.4, -0.2) is 64.6 Å². The van der Waals surface area contributed by atoms with Gasteiger partial charge in [0.1, 0.15) is 5.54 Å². The van der Waals surface area contributed by atoms with Crippen molar-refractivity contribution in [2.24, 2.45) is 11.1 Å². The number of nitrogens with two attached hydrogens (primary N) is 1. The molecule has 2 atom stereocenters. The Labute approximate surface area is 478 Å². The monoisotopic (exact) mass is 1260 g/mol. The fourth-order valence-electron chi connectivity index (χ4n) is 9.58. The first kappa shape index (κ1) is 69.2. The molecule has 0 heterocycles. The summed E-state index contributed by atoms with van der Waals surface area (Å²) in [7, 11) is -2.00. The predicted molar refractivity (Wildman–Crippen MR) is 284 cm³/mol. The highest BCUT2D eigenvalue weighted by Crippen LogP contribution is 2.49. The second-order valence-electron chi connectivity index (χ2n) is 20.5. The molecule has 6 rings (SSSR count). The number of nitriles is 2. The van der Waals surface area contributed by atoms with Crippen LogP contribution >= 0.6 is 33.9 Å². The molecule has 2 aliphatic rings. The highest BCUT2D eigenvalue weighted by Gasteiger charge is 2.48. The Kier molecular flexibility index (Phi) is 23.9. The van der Waals surface area contributed by atoms with Crippen LogP contribution in [0.2, 0.25) is 0 Å². The van der Waals surface area contributed by atoms with Crippen LogP contribution in [0, 0.1) is 28.1 Å². The zero-order valence-electron chi connectivity index (χ0n) is 43.8. The van der Waals surface area contributed by atoms with Gasteiger partial charge in [-0.25, -0.2) is 16.8 Å². The minimum absolute atomic E-state index is 0.0297. The van der Waals surface area contributed by atoms with Crippen LogP contribution in [0.3, 0.4) is 0 Å². The molecule has 0 saturated heterocycles. The molecule has 2 saturated carbocycles. The van der Waals surface area contributed by atoms with Crippen LogP contribution in [0.4, 0.5) is 52.7 Å². The van der Waals surface area contributed by atoms with Crippen molar-refractivity contribution in [1.82, 2.24) is 0 Å². The van der Waals surface area contributed by atoms with E-state index in [1.54, 1.807) is 18.2 Å². The molecule has 0 bridgehead atoms. The van der Waals surface area contributed by atoms with Gasteiger partial charge in [-0.05, 0) is 137 Å². The van der Waals surface area contributed by atoms with Gasteiger partial charge in [-0.1, -0.05) is 60.7 Å². The van der Waals surface area contributed by atoms with Gasteiger partial charge in [0.15, 0.2) is 9.84 Å². The van der Waals surface area contributed by atoms with Gasteiger partial charge in [-0.3, -0.25) is 0 Å². The average Bonchev–Trinajstić information content (AvgIpc) is 3.43. The van der Waals surface area contributed by atoms with Crippen molar-refractivity contribution >= 4 is 52.8 Å². The van der Waals surface area contributed by atoms with Gasteiger partial charge in [0, 0.05) is 33.3 Å². The lowest BCUT2D eigenvalue weighted by Crippen LogP contribution is -2.48. The fraction of sp³-hybridized carbons (Fsp3) is 0.527. The Morgan fingerprint density at radius 1 is 0.543 bits per heavy atom. The SMILES string of the molecule is C[C@@H](OCC1(c2ccccc2)CCC(C#N)(CS(=O)(=O)CCCCl)CC1)c1cc(C(F)(F)F)cc(C(F)(F)F)c1.C[C@@H](OCC1(c2ccccc2)CCC(N)(C#N)CC1)c1cc(C(F)(F)F)cc(C(F)(F)F)c1.O=S(=O)(Cl)CCCCl. The second-order valence-corrected chi connectivity index (χ2v) is 26.3. The molecule has 4 aromatic carbocycles. The molecule has 0 spiro atoms. The lowest BCUT2D eigenvalue weighted by atomic mass is 9.62. The molecule has 2 fully saturated rings. The molecular weight excluding hydrogens is 1200 g/mol. The quantitative estimate of drug-likeness (QED) is 0.0581. The van der Waals surface area contributed by atoms with Crippen LogP contribution < -0.4 is 5.73 Å². The smallest absolute Gasteiger partial charge is 0.373 e. The number of rotatable bonds is 18. The van der Waals surface area contributed by atoms with E-state index in [-0.39, 0.29) is 78.9 Å². The number of alkyl halides is 14. The molecule has 81 heavy (non-hydrogen) atoms. The van der Waals surface area contributed by atoms with E-state index in [1.165, 1.54) is 13.8 Å². The summed E-state index contributed by atoms with van der Waals surface area (Å²) in [6.45, 7) is 2.84. The first-order valence-electron chi connectivity index (χ1n) is 25.2. The largest absolute Gasteiger partial charge is 0.416 e. The Hall–Kier alpha value is -4.33. The van der Waals surface area contributed by atoms with E-state index < -0.39 is 99.8 Å². The van der Waals surface area contributed by atoms with Crippen LogP contribution in [0.5, 0.6) is 0 Å². The van der Waals surface area contributed by atoms with Crippen LogP contribution in [0.15, 0.2) is 97.1 Å². The lowest BCUT2D eigenvalue weighted by molar-refractivity contribution is -0.145. The summed E-state index contributed by atoms with van der Waals surface area (Å²) >= 11 is 10.8. The molecular formula is C55H60Cl3F12N3O6S2. The Morgan fingerprint density at radius 2 is 0.877 bits per heavy atom. The first-order valence-corrected chi connectivity index (χ1v) is 30.5. The number of hydrogen-bond acceptors (Lipinski definition) is 9. The fourth-order valence-corrected chi connectivity index (χ4v) is 12.9. The third-order valence-electron chi connectivity index (χ3n) is 14.5. The molecule has 0 radical (unpaired) electrons. The van der Waals surface area contributed by atoms with Crippen molar-refractivity contribution in [1.29, 1.82) is 10.5 Å². The molecule has 2 aliphatic carbocycles. The summed E-state index contributed by atoms with van der Waals surface area (Å²) < 4.78 is 217. The molecule has 448 valence electrons. The van der Waals surface area contributed by atoms with E-state index in [2.05, 4.69) is 12.1 Å². The highest BCUT2D eigenvalue weighted by molar-refractivity contribution is 8.13. The minimum atomic E-state index is -4.98. The first-order chi connectivity index (χ1) is 37.4. The summed E-state index contributed by atoms with van der Waals surface area (Å²) in [5, 5.41) is 19.3. The second kappa shape index (κ2) is 28.0. The Balaban J connectivity index is 0.000000311. The summed E-state index contributed by atoms with van der Waals surface area (Å²) in [5.41, 5.74) is -1.55. The van der Waals surface area contributed by atoms with Gasteiger partial charge in [-0.2, -0.15) is 63.2 Å². The van der Waals surface area contributed by atoms with Crippen molar-refractivity contribution in [3.05, 3.63) is 142 Å². The lowest BCUT2D eigenvalue weighted by Gasteiger charge is -2.44. The summed E-state index contributed by atoms with van der Waals surface area (Å²) in [4.78, 5) is 0. The maximum atomic E-state index is 13.4. The number of nitrogens with zero attached hydrogens (tertiary/aromatic N) is 2. The van der Waals surface area contributed by atoms with Crippen molar-refractivity contribution in [3.8, 4) is 12.1 Å². The normalized spacial score (nSPS) is 22.6. The zero-order chi connectivity index (χ0) is 60.9. The van der Waals surface area contributed by atoms with Gasteiger partial charge in [0.2, 0.25) is 9.05 Å². The van der Waals surface area contributed by atoms with Crippen molar-refractivity contribution < 1.29 is 79.0 Å².